The molecule has 8 heteroatoms. The first-order valence-corrected chi connectivity index (χ1v) is 9.16. The van der Waals surface area contributed by atoms with Crippen molar-refractivity contribution in [2.24, 2.45) is 5.41 Å². The predicted molar refractivity (Wildman–Crippen MR) is 102 cm³/mol. The van der Waals surface area contributed by atoms with E-state index < -0.39 is 0 Å². The van der Waals surface area contributed by atoms with Crippen LogP contribution in [0.25, 0.3) is 11.0 Å². The van der Waals surface area contributed by atoms with E-state index in [1.54, 1.807) is 16.8 Å². The van der Waals surface area contributed by atoms with Crippen LogP contribution in [0.4, 0.5) is 0 Å². The molecule has 1 aliphatic rings. The van der Waals surface area contributed by atoms with Gasteiger partial charge >= 0.3 is 5.69 Å². The number of aromatic amines is 1. The van der Waals surface area contributed by atoms with Gasteiger partial charge in [-0.15, -0.1) is 5.10 Å². The molecule has 3 aromatic rings. The van der Waals surface area contributed by atoms with Crippen LogP contribution >= 0.6 is 0 Å². The molecule has 4 rings (SSSR count). The molecule has 0 atom stereocenters. The average Bonchev–Trinajstić information content (AvgIpc) is 3.05. The van der Waals surface area contributed by atoms with E-state index in [-0.39, 0.29) is 22.6 Å². The molecule has 0 saturated heterocycles. The van der Waals surface area contributed by atoms with Gasteiger partial charge in [0.15, 0.2) is 0 Å². The van der Waals surface area contributed by atoms with Crippen LogP contribution in [0.15, 0.2) is 35.4 Å². The molecule has 1 saturated carbocycles. The maximum atomic E-state index is 12.8. The molecule has 2 heterocycles. The smallest absolute Gasteiger partial charge is 0.326 e. The molecule has 2 aromatic heterocycles. The van der Waals surface area contributed by atoms with E-state index in [2.05, 4.69) is 41.4 Å². The molecule has 0 unspecified atom stereocenters. The van der Waals surface area contributed by atoms with E-state index in [4.69, 9.17) is 0 Å². The minimum atomic E-state index is -0.198. The van der Waals surface area contributed by atoms with E-state index in [1.807, 2.05) is 23.0 Å². The van der Waals surface area contributed by atoms with Crippen molar-refractivity contribution in [3.05, 3.63) is 46.6 Å². The quantitative estimate of drug-likeness (QED) is 0.718. The van der Waals surface area contributed by atoms with Crippen LogP contribution in [0.1, 0.15) is 44.0 Å². The number of nitrogens with one attached hydrogen (secondary N) is 2. The number of carbonyl (C=O) groups is 1. The lowest BCUT2D eigenvalue weighted by molar-refractivity contribution is 0.0945. The Labute approximate surface area is 156 Å². The third-order valence-electron chi connectivity index (χ3n) is 5.00. The number of H-pyrrole nitrogens is 1. The Morgan fingerprint density at radius 3 is 2.74 bits per heavy atom. The Morgan fingerprint density at radius 1 is 1.33 bits per heavy atom. The Hall–Kier alpha value is -2.90. The monoisotopic (exact) mass is 368 g/mol. The lowest BCUT2D eigenvalue weighted by Crippen LogP contribution is -2.36. The molecule has 27 heavy (non-hydrogen) atoms. The highest BCUT2D eigenvalue weighted by Gasteiger charge is 2.45. The molecule has 8 nitrogen and oxygen atoms in total. The summed E-state index contributed by atoms with van der Waals surface area (Å²) >= 11 is 0. The fraction of sp³-hybridized carbons (Fsp3) is 0.474. The van der Waals surface area contributed by atoms with Gasteiger partial charge in [0.2, 0.25) is 0 Å². The highest BCUT2D eigenvalue weighted by molar-refractivity contribution is 6.04. The van der Waals surface area contributed by atoms with Gasteiger partial charge in [-0.1, -0.05) is 32.1 Å². The van der Waals surface area contributed by atoms with Gasteiger partial charge < -0.3 is 10.3 Å². The maximum Gasteiger partial charge on any atom is 0.326 e. The summed E-state index contributed by atoms with van der Waals surface area (Å²) in [5.74, 6) is -0.198. The number of fused-ring (bicyclic) bond motifs is 1. The number of para-hydroxylation sites is 1. The van der Waals surface area contributed by atoms with E-state index in [1.165, 1.54) is 0 Å². The van der Waals surface area contributed by atoms with Gasteiger partial charge in [0.1, 0.15) is 0 Å². The minimum Gasteiger partial charge on any atom is -0.350 e. The molecule has 1 aliphatic carbocycles. The predicted octanol–water partition coefficient (Wildman–Crippen LogP) is 1.89. The van der Waals surface area contributed by atoms with Crippen LogP contribution in [0.2, 0.25) is 0 Å². The first kappa shape index (κ1) is 17.5. The summed E-state index contributed by atoms with van der Waals surface area (Å²) in [4.78, 5) is 28.1. The van der Waals surface area contributed by atoms with Crippen molar-refractivity contribution >= 4 is 16.9 Å². The second-order valence-corrected chi connectivity index (χ2v) is 8.53. The summed E-state index contributed by atoms with van der Waals surface area (Å²) < 4.78 is 3.51. The largest absolute Gasteiger partial charge is 0.350 e. The molecular weight excluding hydrogens is 344 g/mol. The Balaban J connectivity index is 1.59. The highest BCUT2D eigenvalue weighted by atomic mass is 16.2. The summed E-state index contributed by atoms with van der Waals surface area (Å²) in [5, 5.41) is 10.9. The standard InChI is InChI=1S/C19H24N6O2/c1-18(2,3)12-24-14-6-4-5-13(15(14)22-17(24)27)16(26)20-11-19(7-8-19)25-10-9-21-23-25/h4-6,9-10H,7-8,11-12H2,1-3H3,(H,20,26)(H,22,27). The van der Waals surface area contributed by atoms with Crippen LogP contribution in [-0.2, 0) is 12.1 Å². The van der Waals surface area contributed by atoms with Crippen LogP contribution < -0.4 is 11.0 Å². The van der Waals surface area contributed by atoms with Crippen molar-refractivity contribution in [1.82, 2.24) is 29.9 Å². The lowest BCUT2D eigenvalue weighted by atomic mass is 9.97. The zero-order valence-corrected chi connectivity index (χ0v) is 15.8. The van der Waals surface area contributed by atoms with Gasteiger partial charge in [-0.3, -0.25) is 9.36 Å². The SMILES string of the molecule is CC(C)(C)Cn1c(=O)[nH]c2c(C(=O)NCC3(n4ccnn4)CC3)cccc21. The maximum absolute atomic E-state index is 12.8. The van der Waals surface area contributed by atoms with Crippen LogP contribution in [0.5, 0.6) is 0 Å². The zero-order chi connectivity index (χ0) is 19.2. The lowest BCUT2D eigenvalue weighted by Gasteiger charge is -2.18. The second-order valence-electron chi connectivity index (χ2n) is 8.53. The third-order valence-corrected chi connectivity index (χ3v) is 5.00. The Morgan fingerprint density at radius 2 is 2.11 bits per heavy atom. The summed E-state index contributed by atoms with van der Waals surface area (Å²) in [6, 6.07) is 5.42. The number of hydrogen-bond acceptors (Lipinski definition) is 4. The van der Waals surface area contributed by atoms with E-state index in [9.17, 15) is 9.59 Å². The first-order chi connectivity index (χ1) is 12.8. The minimum absolute atomic E-state index is 0.0482. The summed E-state index contributed by atoms with van der Waals surface area (Å²) in [6.45, 7) is 7.29. The number of nitrogens with zero attached hydrogens (tertiary/aromatic N) is 4. The fourth-order valence-corrected chi connectivity index (χ4v) is 3.43. The zero-order valence-electron chi connectivity index (χ0n) is 15.8. The van der Waals surface area contributed by atoms with Gasteiger partial charge in [0.05, 0.1) is 28.3 Å². The molecule has 1 amide bonds. The third kappa shape index (κ3) is 3.27. The van der Waals surface area contributed by atoms with Gasteiger partial charge in [0.25, 0.3) is 5.91 Å². The molecule has 0 radical (unpaired) electrons. The molecule has 0 spiro atoms. The van der Waals surface area contributed by atoms with Crippen molar-refractivity contribution in [3.63, 3.8) is 0 Å². The van der Waals surface area contributed by atoms with Crippen molar-refractivity contribution in [3.8, 4) is 0 Å². The first-order valence-electron chi connectivity index (χ1n) is 9.16. The van der Waals surface area contributed by atoms with Crippen LogP contribution in [0.3, 0.4) is 0 Å². The second kappa shape index (κ2) is 6.07. The molecule has 1 aromatic carbocycles. The molecule has 142 valence electrons. The number of hydrogen-bond donors (Lipinski definition) is 2. The number of imidazole rings is 1. The van der Waals surface area contributed by atoms with E-state index in [0.29, 0.717) is 24.2 Å². The molecule has 0 bridgehead atoms. The number of aromatic nitrogens is 5. The fourth-order valence-electron chi connectivity index (χ4n) is 3.43. The number of rotatable bonds is 5. The Kier molecular flexibility index (Phi) is 3.94. The topological polar surface area (TPSA) is 97.6 Å². The normalized spacial score (nSPS) is 15.8. The molecule has 2 N–H and O–H groups in total. The number of carbonyl (C=O) groups excluding carboxylic acids is 1. The van der Waals surface area contributed by atoms with Gasteiger partial charge in [-0.25, -0.2) is 9.48 Å². The van der Waals surface area contributed by atoms with Crippen molar-refractivity contribution in [1.29, 1.82) is 0 Å². The van der Waals surface area contributed by atoms with Gasteiger partial charge in [-0.2, -0.15) is 0 Å². The summed E-state index contributed by atoms with van der Waals surface area (Å²) in [5.41, 5.74) is 1.39. The molecule has 0 aliphatic heterocycles. The Bertz CT molecular complexity index is 1030. The summed E-state index contributed by atoms with van der Waals surface area (Å²) in [6.07, 6.45) is 5.38. The van der Waals surface area contributed by atoms with Gasteiger partial charge in [-0.05, 0) is 30.4 Å². The van der Waals surface area contributed by atoms with Crippen LogP contribution in [-0.4, -0.2) is 37.0 Å². The molecule has 1 fully saturated rings. The number of amides is 1. The van der Waals surface area contributed by atoms with Crippen molar-refractivity contribution < 1.29 is 4.79 Å². The number of benzene rings is 1. The molecular formula is C19H24N6O2. The van der Waals surface area contributed by atoms with E-state index >= 15 is 0 Å². The summed E-state index contributed by atoms with van der Waals surface area (Å²) in [7, 11) is 0. The van der Waals surface area contributed by atoms with Crippen molar-refractivity contribution in [2.45, 2.75) is 45.7 Å². The van der Waals surface area contributed by atoms with E-state index in [0.717, 1.165) is 18.4 Å². The average molecular weight is 368 g/mol. The highest BCUT2D eigenvalue weighted by Crippen LogP contribution is 2.42. The van der Waals surface area contributed by atoms with Crippen molar-refractivity contribution in [2.75, 3.05) is 6.54 Å². The van der Waals surface area contributed by atoms with Gasteiger partial charge in [0, 0.05) is 19.3 Å². The van der Waals surface area contributed by atoms with Crippen LogP contribution in [0, 0.1) is 5.41 Å².